The average Bonchev–Trinajstić information content (AvgIpc) is 2.68. The Morgan fingerprint density at radius 1 is 1.36 bits per heavy atom. The fourth-order valence-corrected chi connectivity index (χ4v) is 2.60. The van der Waals surface area contributed by atoms with Gasteiger partial charge in [-0.05, 0) is 31.7 Å². The van der Waals surface area contributed by atoms with Crippen molar-refractivity contribution in [3.8, 4) is 0 Å². The van der Waals surface area contributed by atoms with Gasteiger partial charge in [-0.1, -0.05) is 0 Å². The molecule has 0 bridgehead atoms. The van der Waals surface area contributed by atoms with Crippen molar-refractivity contribution >= 4 is 5.91 Å². The number of nitrogens with one attached hydrogen (secondary N) is 3. The summed E-state index contributed by atoms with van der Waals surface area (Å²) in [6.45, 7) is 1.97. The van der Waals surface area contributed by atoms with E-state index in [0.29, 0.717) is 12.1 Å². The molecule has 0 aromatic carbocycles. The summed E-state index contributed by atoms with van der Waals surface area (Å²) in [5.41, 5.74) is 0. The van der Waals surface area contributed by atoms with Gasteiger partial charge in [-0.15, -0.1) is 0 Å². The molecule has 1 unspecified atom stereocenters. The molecule has 3 aliphatic rings. The standard InChI is InChI=1S/C10H17N3O/c14-10(12-7-1-2-11-5-7)9-4-6-3-8(6)13-9/h6-9,11,13H,1-5H2,(H,12,14)/t6-,7?,8-,9-/m0/s1. The maximum Gasteiger partial charge on any atom is 0.237 e. The van der Waals surface area contributed by atoms with Crippen molar-refractivity contribution in [1.82, 2.24) is 16.0 Å². The molecule has 0 aromatic rings. The predicted molar refractivity (Wildman–Crippen MR) is 52.9 cm³/mol. The Labute approximate surface area is 83.8 Å². The van der Waals surface area contributed by atoms with E-state index in [4.69, 9.17) is 0 Å². The summed E-state index contributed by atoms with van der Waals surface area (Å²) >= 11 is 0. The van der Waals surface area contributed by atoms with Crippen LogP contribution in [0.4, 0.5) is 0 Å². The van der Waals surface area contributed by atoms with Crippen molar-refractivity contribution in [3.05, 3.63) is 0 Å². The molecule has 2 aliphatic heterocycles. The molecule has 2 saturated heterocycles. The van der Waals surface area contributed by atoms with Crippen LogP contribution in [0.1, 0.15) is 19.3 Å². The SMILES string of the molecule is O=C(NC1CCNC1)[C@@H]1C[C@@H]2C[C@@H]2N1. The van der Waals surface area contributed by atoms with Crippen molar-refractivity contribution in [2.75, 3.05) is 13.1 Å². The Morgan fingerprint density at radius 2 is 2.29 bits per heavy atom. The molecule has 3 fully saturated rings. The molecule has 1 saturated carbocycles. The minimum Gasteiger partial charge on any atom is -0.351 e. The lowest BCUT2D eigenvalue weighted by atomic mass is 10.1. The number of piperidine rings is 1. The minimum absolute atomic E-state index is 0.0966. The van der Waals surface area contributed by atoms with Crippen LogP contribution in [0.2, 0.25) is 0 Å². The van der Waals surface area contributed by atoms with Gasteiger partial charge in [0.15, 0.2) is 0 Å². The summed E-state index contributed by atoms with van der Waals surface area (Å²) in [5.74, 6) is 1.01. The van der Waals surface area contributed by atoms with E-state index >= 15 is 0 Å². The summed E-state index contributed by atoms with van der Waals surface area (Å²) in [6.07, 6.45) is 3.41. The van der Waals surface area contributed by atoms with Crippen molar-refractivity contribution in [2.45, 2.75) is 37.4 Å². The monoisotopic (exact) mass is 195 g/mol. The first-order valence-corrected chi connectivity index (χ1v) is 5.60. The lowest BCUT2D eigenvalue weighted by molar-refractivity contribution is -0.123. The van der Waals surface area contributed by atoms with Crippen molar-refractivity contribution in [3.63, 3.8) is 0 Å². The Morgan fingerprint density at radius 3 is 2.93 bits per heavy atom. The summed E-state index contributed by atoms with van der Waals surface area (Å²) in [7, 11) is 0. The fraction of sp³-hybridized carbons (Fsp3) is 0.900. The average molecular weight is 195 g/mol. The number of carbonyl (C=O) groups excluding carboxylic acids is 1. The lowest BCUT2D eigenvalue weighted by Crippen LogP contribution is -2.47. The van der Waals surface area contributed by atoms with Gasteiger partial charge in [0.05, 0.1) is 6.04 Å². The van der Waals surface area contributed by atoms with E-state index in [9.17, 15) is 4.79 Å². The Bertz CT molecular complexity index is 240. The highest BCUT2D eigenvalue weighted by Gasteiger charge is 2.47. The van der Waals surface area contributed by atoms with E-state index in [1.807, 2.05) is 0 Å². The Balaban J connectivity index is 1.50. The number of hydrogen-bond acceptors (Lipinski definition) is 3. The van der Waals surface area contributed by atoms with E-state index in [1.54, 1.807) is 0 Å². The van der Waals surface area contributed by atoms with Crippen LogP contribution < -0.4 is 16.0 Å². The van der Waals surface area contributed by atoms with Gasteiger partial charge in [-0.3, -0.25) is 4.79 Å². The molecule has 4 heteroatoms. The third-order valence-electron chi connectivity index (χ3n) is 3.60. The first-order valence-electron chi connectivity index (χ1n) is 5.60. The van der Waals surface area contributed by atoms with Crippen LogP contribution in [0.25, 0.3) is 0 Å². The largest absolute Gasteiger partial charge is 0.351 e. The van der Waals surface area contributed by atoms with E-state index in [0.717, 1.165) is 31.8 Å². The zero-order chi connectivity index (χ0) is 9.54. The zero-order valence-corrected chi connectivity index (χ0v) is 8.25. The number of hydrogen-bond donors (Lipinski definition) is 3. The van der Waals surface area contributed by atoms with Gasteiger partial charge in [0, 0.05) is 18.6 Å². The van der Waals surface area contributed by atoms with Crippen LogP contribution in [0.5, 0.6) is 0 Å². The third-order valence-corrected chi connectivity index (χ3v) is 3.60. The second-order valence-corrected chi connectivity index (χ2v) is 4.76. The molecule has 2 heterocycles. The molecule has 14 heavy (non-hydrogen) atoms. The smallest absolute Gasteiger partial charge is 0.237 e. The quantitative estimate of drug-likeness (QED) is 0.541. The molecule has 0 radical (unpaired) electrons. The van der Waals surface area contributed by atoms with Gasteiger partial charge in [0.2, 0.25) is 5.91 Å². The molecule has 3 N–H and O–H groups in total. The van der Waals surface area contributed by atoms with Crippen LogP contribution in [0.3, 0.4) is 0 Å². The van der Waals surface area contributed by atoms with Gasteiger partial charge in [-0.2, -0.15) is 0 Å². The number of carbonyl (C=O) groups is 1. The highest BCUT2D eigenvalue weighted by molar-refractivity contribution is 5.82. The molecule has 3 rings (SSSR count). The minimum atomic E-state index is 0.0966. The molecular weight excluding hydrogens is 178 g/mol. The van der Waals surface area contributed by atoms with E-state index in [2.05, 4.69) is 16.0 Å². The van der Waals surface area contributed by atoms with Crippen molar-refractivity contribution in [1.29, 1.82) is 0 Å². The van der Waals surface area contributed by atoms with Gasteiger partial charge in [0.25, 0.3) is 0 Å². The van der Waals surface area contributed by atoms with Gasteiger partial charge in [-0.25, -0.2) is 0 Å². The second kappa shape index (κ2) is 3.21. The second-order valence-electron chi connectivity index (χ2n) is 4.76. The summed E-state index contributed by atoms with van der Waals surface area (Å²) in [6, 6.07) is 1.12. The Hall–Kier alpha value is -0.610. The molecule has 1 aliphatic carbocycles. The maximum atomic E-state index is 11.8. The Kier molecular flexibility index (Phi) is 1.99. The van der Waals surface area contributed by atoms with Crippen molar-refractivity contribution in [2.24, 2.45) is 5.92 Å². The predicted octanol–water partition coefficient (Wildman–Crippen LogP) is -0.785. The summed E-state index contributed by atoms with van der Waals surface area (Å²) in [4.78, 5) is 11.8. The van der Waals surface area contributed by atoms with Crippen LogP contribution >= 0.6 is 0 Å². The topological polar surface area (TPSA) is 53.2 Å². The third kappa shape index (κ3) is 1.53. The highest BCUT2D eigenvalue weighted by Crippen LogP contribution is 2.40. The van der Waals surface area contributed by atoms with Crippen LogP contribution in [0.15, 0.2) is 0 Å². The van der Waals surface area contributed by atoms with E-state index < -0.39 is 0 Å². The highest BCUT2D eigenvalue weighted by atomic mass is 16.2. The fourth-order valence-electron chi connectivity index (χ4n) is 2.60. The molecule has 4 nitrogen and oxygen atoms in total. The number of fused-ring (bicyclic) bond motifs is 1. The van der Waals surface area contributed by atoms with Crippen LogP contribution in [0, 0.1) is 5.92 Å². The molecule has 78 valence electrons. The van der Waals surface area contributed by atoms with Crippen LogP contribution in [-0.4, -0.2) is 37.1 Å². The van der Waals surface area contributed by atoms with Crippen LogP contribution in [-0.2, 0) is 4.79 Å². The first-order chi connectivity index (χ1) is 6.83. The van der Waals surface area contributed by atoms with E-state index in [-0.39, 0.29) is 11.9 Å². The zero-order valence-electron chi connectivity index (χ0n) is 8.25. The summed E-state index contributed by atoms with van der Waals surface area (Å²) < 4.78 is 0. The van der Waals surface area contributed by atoms with Gasteiger partial charge >= 0.3 is 0 Å². The molecule has 0 spiro atoms. The van der Waals surface area contributed by atoms with E-state index in [1.165, 1.54) is 6.42 Å². The molecular formula is C10H17N3O. The van der Waals surface area contributed by atoms with Gasteiger partial charge < -0.3 is 16.0 Å². The number of rotatable bonds is 2. The number of amides is 1. The summed E-state index contributed by atoms with van der Waals surface area (Å²) in [5, 5.41) is 9.72. The van der Waals surface area contributed by atoms with Gasteiger partial charge in [0.1, 0.15) is 0 Å². The molecule has 1 amide bonds. The molecule has 0 aromatic heterocycles. The molecule has 4 atom stereocenters. The first kappa shape index (κ1) is 8.68. The normalized spacial score (nSPS) is 44.9. The van der Waals surface area contributed by atoms with Crippen molar-refractivity contribution < 1.29 is 4.79 Å². The maximum absolute atomic E-state index is 11.8. The lowest BCUT2D eigenvalue weighted by Gasteiger charge is -2.17.